The van der Waals surface area contributed by atoms with E-state index in [1.807, 2.05) is 16.9 Å². The Morgan fingerprint density at radius 1 is 1.56 bits per heavy atom. The lowest BCUT2D eigenvalue weighted by molar-refractivity contribution is -0.123. The molecule has 0 spiro atoms. The molecular weight excluding hydrogens is 226 g/mol. The van der Waals surface area contributed by atoms with Crippen LogP contribution in [0.25, 0.3) is 0 Å². The Bertz CT molecular complexity index is 411. The van der Waals surface area contributed by atoms with Crippen LogP contribution in [0.2, 0.25) is 0 Å². The Morgan fingerprint density at radius 3 is 2.94 bits per heavy atom. The van der Waals surface area contributed by atoms with Crippen molar-refractivity contribution in [2.24, 2.45) is 17.6 Å². The van der Waals surface area contributed by atoms with Gasteiger partial charge in [-0.1, -0.05) is 6.42 Å². The number of Topliss-reactive ketones (excluding diaryl/α,β-unsaturated/α-hetero) is 1. The fourth-order valence-corrected chi connectivity index (χ4v) is 2.81. The molecule has 0 amide bonds. The van der Waals surface area contributed by atoms with Gasteiger partial charge in [-0.15, -0.1) is 0 Å². The van der Waals surface area contributed by atoms with Crippen LogP contribution in [0.5, 0.6) is 0 Å². The standard InChI is InChI=1S/C14H23N3O/c1-10(2)17-7-6-12(16-17)8-14(18)13-5-3-4-11(13)9-15/h6-7,10-11,13H,3-5,8-9,15H2,1-2H3. The third kappa shape index (κ3) is 2.80. The zero-order chi connectivity index (χ0) is 13.1. The summed E-state index contributed by atoms with van der Waals surface area (Å²) in [5.74, 6) is 0.876. The van der Waals surface area contributed by atoms with E-state index in [0.717, 1.165) is 25.0 Å². The van der Waals surface area contributed by atoms with Crippen molar-refractivity contribution in [1.82, 2.24) is 9.78 Å². The minimum atomic E-state index is 0.166. The van der Waals surface area contributed by atoms with Crippen LogP contribution in [-0.4, -0.2) is 22.1 Å². The van der Waals surface area contributed by atoms with E-state index >= 15 is 0 Å². The summed E-state index contributed by atoms with van der Waals surface area (Å²) in [6, 6.07) is 2.29. The van der Waals surface area contributed by atoms with Gasteiger partial charge in [0.2, 0.25) is 0 Å². The average molecular weight is 249 g/mol. The SMILES string of the molecule is CC(C)n1ccc(CC(=O)C2CCCC2CN)n1. The molecule has 1 aliphatic rings. The normalized spacial score (nSPS) is 23.8. The van der Waals surface area contributed by atoms with Crippen molar-refractivity contribution >= 4 is 5.78 Å². The van der Waals surface area contributed by atoms with Crippen LogP contribution in [0.15, 0.2) is 12.3 Å². The van der Waals surface area contributed by atoms with Gasteiger partial charge in [0.25, 0.3) is 0 Å². The van der Waals surface area contributed by atoms with E-state index in [-0.39, 0.29) is 5.92 Å². The van der Waals surface area contributed by atoms with Crippen LogP contribution in [0.1, 0.15) is 44.8 Å². The van der Waals surface area contributed by atoms with Crippen LogP contribution in [0.4, 0.5) is 0 Å². The van der Waals surface area contributed by atoms with E-state index in [9.17, 15) is 4.79 Å². The number of carbonyl (C=O) groups is 1. The molecule has 2 N–H and O–H groups in total. The summed E-state index contributed by atoms with van der Waals surface area (Å²) in [6.45, 7) is 4.80. The fraction of sp³-hybridized carbons (Fsp3) is 0.714. The van der Waals surface area contributed by atoms with E-state index < -0.39 is 0 Å². The van der Waals surface area contributed by atoms with Crippen molar-refractivity contribution in [3.8, 4) is 0 Å². The summed E-state index contributed by atoms with van der Waals surface area (Å²) in [5, 5.41) is 4.44. The highest BCUT2D eigenvalue weighted by atomic mass is 16.1. The van der Waals surface area contributed by atoms with Crippen molar-refractivity contribution in [1.29, 1.82) is 0 Å². The second-order valence-electron chi connectivity index (χ2n) is 5.56. The van der Waals surface area contributed by atoms with Gasteiger partial charge in [0.1, 0.15) is 5.78 Å². The molecule has 0 saturated heterocycles. The fourth-order valence-electron chi connectivity index (χ4n) is 2.81. The highest BCUT2D eigenvalue weighted by Crippen LogP contribution is 2.32. The summed E-state index contributed by atoms with van der Waals surface area (Å²) in [5.41, 5.74) is 6.61. The van der Waals surface area contributed by atoms with Crippen LogP contribution < -0.4 is 5.73 Å². The van der Waals surface area contributed by atoms with Crippen molar-refractivity contribution in [3.05, 3.63) is 18.0 Å². The quantitative estimate of drug-likeness (QED) is 0.867. The number of rotatable bonds is 5. The first-order chi connectivity index (χ1) is 8.61. The number of ketones is 1. The summed E-state index contributed by atoms with van der Waals surface area (Å²) >= 11 is 0. The maximum Gasteiger partial charge on any atom is 0.142 e. The highest BCUT2D eigenvalue weighted by molar-refractivity contribution is 5.83. The molecule has 2 atom stereocenters. The molecule has 0 bridgehead atoms. The molecule has 1 aromatic rings. The smallest absolute Gasteiger partial charge is 0.142 e. The Morgan fingerprint density at radius 2 is 2.33 bits per heavy atom. The number of hydrogen-bond donors (Lipinski definition) is 1. The predicted octanol–water partition coefficient (Wildman–Crippen LogP) is 1.95. The first kappa shape index (κ1) is 13.3. The Balaban J connectivity index is 1.98. The number of hydrogen-bond acceptors (Lipinski definition) is 3. The van der Waals surface area contributed by atoms with E-state index in [0.29, 0.717) is 30.7 Å². The monoisotopic (exact) mass is 249 g/mol. The molecule has 4 nitrogen and oxygen atoms in total. The van der Waals surface area contributed by atoms with E-state index in [1.54, 1.807) is 0 Å². The third-order valence-corrected chi connectivity index (χ3v) is 3.92. The molecule has 2 rings (SSSR count). The Kier molecular flexibility index (Phi) is 4.17. The van der Waals surface area contributed by atoms with Gasteiger partial charge in [0.15, 0.2) is 0 Å². The minimum absolute atomic E-state index is 0.166. The molecule has 1 aromatic heterocycles. The van der Waals surface area contributed by atoms with Crippen molar-refractivity contribution in [2.75, 3.05) is 6.54 Å². The molecule has 0 aromatic carbocycles. The third-order valence-electron chi connectivity index (χ3n) is 3.92. The van der Waals surface area contributed by atoms with Gasteiger partial charge in [-0.2, -0.15) is 5.10 Å². The van der Waals surface area contributed by atoms with Crippen LogP contribution >= 0.6 is 0 Å². The van der Waals surface area contributed by atoms with Crippen LogP contribution in [0.3, 0.4) is 0 Å². The Labute approximate surface area is 109 Å². The summed E-state index contributed by atoms with van der Waals surface area (Å²) in [4.78, 5) is 12.3. The van der Waals surface area contributed by atoms with Gasteiger partial charge in [-0.05, 0) is 45.2 Å². The van der Waals surface area contributed by atoms with Crippen molar-refractivity contribution in [2.45, 2.75) is 45.6 Å². The number of nitrogens with zero attached hydrogens (tertiary/aromatic N) is 2. The summed E-state index contributed by atoms with van der Waals surface area (Å²) < 4.78 is 1.90. The lowest BCUT2D eigenvalue weighted by atomic mass is 9.90. The van der Waals surface area contributed by atoms with Crippen LogP contribution in [0, 0.1) is 11.8 Å². The molecule has 1 saturated carbocycles. The van der Waals surface area contributed by atoms with E-state index in [4.69, 9.17) is 5.73 Å². The largest absolute Gasteiger partial charge is 0.330 e. The van der Waals surface area contributed by atoms with Crippen molar-refractivity contribution < 1.29 is 4.79 Å². The molecule has 0 aliphatic heterocycles. The molecule has 2 unspecified atom stereocenters. The average Bonchev–Trinajstić information content (AvgIpc) is 2.96. The van der Waals surface area contributed by atoms with Crippen molar-refractivity contribution in [3.63, 3.8) is 0 Å². The summed E-state index contributed by atoms with van der Waals surface area (Å²) in [7, 11) is 0. The number of nitrogens with two attached hydrogens (primary N) is 1. The molecule has 1 heterocycles. The number of aromatic nitrogens is 2. The van der Waals surface area contributed by atoms with E-state index in [1.165, 1.54) is 0 Å². The first-order valence-corrected chi connectivity index (χ1v) is 6.88. The zero-order valence-corrected chi connectivity index (χ0v) is 11.3. The molecule has 18 heavy (non-hydrogen) atoms. The molecule has 100 valence electrons. The van der Waals surface area contributed by atoms with E-state index in [2.05, 4.69) is 18.9 Å². The second kappa shape index (κ2) is 5.65. The summed E-state index contributed by atoms with van der Waals surface area (Å²) in [6.07, 6.45) is 5.65. The van der Waals surface area contributed by atoms with Gasteiger partial charge >= 0.3 is 0 Å². The molecule has 4 heteroatoms. The predicted molar refractivity (Wildman–Crippen MR) is 71.2 cm³/mol. The molecule has 0 radical (unpaired) electrons. The zero-order valence-electron chi connectivity index (χ0n) is 11.3. The minimum Gasteiger partial charge on any atom is -0.330 e. The van der Waals surface area contributed by atoms with Gasteiger partial charge < -0.3 is 5.73 Å². The van der Waals surface area contributed by atoms with Gasteiger partial charge in [0, 0.05) is 18.2 Å². The maximum atomic E-state index is 12.3. The Hall–Kier alpha value is -1.16. The van der Waals surface area contributed by atoms with Gasteiger partial charge in [-0.25, -0.2) is 0 Å². The van der Waals surface area contributed by atoms with Crippen LogP contribution in [-0.2, 0) is 11.2 Å². The first-order valence-electron chi connectivity index (χ1n) is 6.88. The highest BCUT2D eigenvalue weighted by Gasteiger charge is 2.31. The second-order valence-corrected chi connectivity index (χ2v) is 5.56. The molecule has 1 fully saturated rings. The topological polar surface area (TPSA) is 60.9 Å². The van der Waals surface area contributed by atoms with Gasteiger partial charge in [-0.3, -0.25) is 9.48 Å². The van der Waals surface area contributed by atoms with Gasteiger partial charge in [0.05, 0.1) is 12.1 Å². The molecule has 1 aliphatic carbocycles. The molecular formula is C14H23N3O. The number of carbonyl (C=O) groups excluding carboxylic acids is 1. The maximum absolute atomic E-state index is 12.3. The lowest BCUT2D eigenvalue weighted by Crippen LogP contribution is -2.26. The lowest BCUT2D eigenvalue weighted by Gasteiger charge is -2.15.